The Balaban J connectivity index is 1.39. The molecule has 3 N–H and O–H groups in total. The number of hydrogen-bond donors (Lipinski definition) is 3. The van der Waals surface area contributed by atoms with Crippen LogP contribution >= 0.6 is 23.2 Å². The van der Waals surface area contributed by atoms with Gasteiger partial charge in [-0.05, 0) is 67.4 Å². The first-order valence-corrected chi connectivity index (χ1v) is 14.2. The maximum atomic E-state index is 12.6. The summed E-state index contributed by atoms with van der Waals surface area (Å²) in [5, 5.41) is 10.4. The fourth-order valence-corrected chi connectivity index (χ4v) is 4.56. The third-order valence-corrected chi connectivity index (χ3v) is 6.80. The van der Waals surface area contributed by atoms with Gasteiger partial charge in [0.2, 0.25) is 0 Å². The van der Waals surface area contributed by atoms with Gasteiger partial charge in [-0.1, -0.05) is 41.4 Å². The van der Waals surface area contributed by atoms with Crippen LogP contribution in [-0.4, -0.2) is 44.4 Å². The summed E-state index contributed by atoms with van der Waals surface area (Å²) in [5.74, 6) is -0.0241. The smallest absolute Gasteiger partial charge is 0.338 e. The second kappa shape index (κ2) is 15.1. The van der Waals surface area contributed by atoms with Crippen molar-refractivity contribution in [1.82, 2.24) is 16.1 Å². The average Bonchev–Trinajstić information content (AvgIpc) is 3.00. The summed E-state index contributed by atoms with van der Waals surface area (Å²) in [4.78, 5) is 37.3. The van der Waals surface area contributed by atoms with Crippen molar-refractivity contribution in [3.05, 3.63) is 98.7 Å². The van der Waals surface area contributed by atoms with E-state index in [9.17, 15) is 14.4 Å². The number of nitrogens with one attached hydrogen (secondary N) is 3. The molecule has 13 heteroatoms. The zero-order chi connectivity index (χ0) is 31.6. The Kier molecular flexibility index (Phi) is 11.1. The highest BCUT2D eigenvalue weighted by molar-refractivity contribution is 6.31. The number of halogens is 2. The number of esters is 1. The van der Waals surface area contributed by atoms with E-state index in [-0.39, 0.29) is 30.3 Å². The van der Waals surface area contributed by atoms with Gasteiger partial charge in [-0.2, -0.15) is 5.10 Å². The highest BCUT2D eigenvalue weighted by Crippen LogP contribution is 2.34. The summed E-state index contributed by atoms with van der Waals surface area (Å²) in [6, 6.07) is 15.9. The second-order valence-electron chi connectivity index (χ2n) is 9.38. The number of methoxy groups -OCH3 is 1. The normalized spacial score (nSPS) is 14.5. The van der Waals surface area contributed by atoms with Crippen molar-refractivity contribution >= 4 is 47.3 Å². The minimum atomic E-state index is -0.782. The number of rotatable bonds is 12. The van der Waals surface area contributed by atoms with Gasteiger partial charge in [0.05, 0.1) is 31.5 Å². The van der Waals surface area contributed by atoms with Crippen molar-refractivity contribution in [3.8, 4) is 17.2 Å². The quantitative estimate of drug-likeness (QED) is 0.139. The molecule has 0 saturated carbocycles. The van der Waals surface area contributed by atoms with Gasteiger partial charge in [-0.15, -0.1) is 0 Å². The molecule has 0 aromatic heterocycles. The Morgan fingerprint density at radius 3 is 2.43 bits per heavy atom. The van der Waals surface area contributed by atoms with Crippen molar-refractivity contribution in [2.45, 2.75) is 26.5 Å². The maximum Gasteiger partial charge on any atom is 0.338 e. The van der Waals surface area contributed by atoms with Gasteiger partial charge >= 0.3 is 12.0 Å². The predicted molar refractivity (Wildman–Crippen MR) is 165 cm³/mol. The van der Waals surface area contributed by atoms with E-state index in [1.807, 2.05) is 12.1 Å². The highest BCUT2D eigenvalue weighted by atomic mass is 35.5. The van der Waals surface area contributed by atoms with E-state index in [2.05, 4.69) is 21.2 Å². The number of amides is 3. The Hall–Kier alpha value is -4.74. The number of carbonyl (C=O) groups is 3. The number of nitrogens with zero attached hydrogens (tertiary/aromatic N) is 1. The van der Waals surface area contributed by atoms with Crippen LogP contribution in [0, 0.1) is 0 Å². The van der Waals surface area contributed by atoms with Crippen molar-refractivity contribution in [3.63, 3.8) is 0 Å². The molecule has 0 spiro atoms. The minimum absolute atomic E-state index is 0.177. The molecule has 44 heavy (non-hydrogen) atoms. The Morgan fingerprint density at radius 2 is 1.70 bits per heavy atom. The van der Waals surface area contributed by atoms with Crippen LogP contribution in [0.5, 0.6) is 17.2 Å². The summed E-state index contributed by atoms with van der Waals surface area (Å²) in [5.41, 5.74) is 5.08. The first-order chi connectivity index (χ1) is 21.2. The van der Waals surface area contributed by atoms with Gasteiger partial charge in [-0.25, -0.2) is 15.0 Å². The van der Waals surface area contributed by atoms with Gasteiger partial charge < -0.3 is 29.6 Å². The van der Waals surface area contributed by atoms with Gasteiger partial charge in [0, 0.05) is 21.3 Å². The number of ether oxygens (including phenoxy) is 4. The Labute approximate surface area is 264 Å². The molecule has 11 nitrogen and oxygen atoms in total. The van der Waals surface area contributed by atoms with Gasteiger partial charge in [0.25, 0.3) is 5.91 Å². The third kappa shape index (κ3) is 8.42. The molecule has 0 fully saturated rings. The molecule has 0 radical (unpaired) electrons. The SMILES string of the molecule is CCOC(=O)C1=C(C)NC(=O)N[C@@H]1c1ccc(OCC(=O)N/N=C/c2cc(Cl)ccc2OCc2ccc(Cl)cc2)c(OC)c1. The molecule has 0 bridgehead atoms. The minimum Gasteiger partial charge on any atom is -0.493 e. The monoisotopic (exact) mass is 640 g/mol. The number of allylic oxidation sites excluding steroid dienone is 1. The highest BCUT2D eigenvalue weighted by Gasteiger charge is 2.32. The van der Waals surface area contributed by atoms with Crippen molar-refractivity contribution in [1.29, 1.82) is 0 Å². The molecule has 1 atom stereocenters. The van der Waals surface area contributed by atoms with Crippen molar-refractivity contribution in [2.75, 3.05) is 20.3 Å². The van der Waals surface area contributed by atoms with Crippen molar-refractivity contribution < 1.29 is 33.3 Å². The van der Waals surface area contributed by atoms with Crippen LogP contribution in [0.25, 0.3) is 0 Å². The van der Waals surface area contributed by atoms with E-state index >= 15 is 0 Å². The lowest BCUT2D eigenvalue weighted by molar-refractivity contribution is -0.139. The molecule has 3 aromatic carbocycles. The number of carbonyl (C=O) groups excluding carboxylic acids is 3. The van der Waals surface area contributed by atoms with E-state index in [4.69, 9.17) is 42.1 Å². The van der Waals surface area contributed by atoms with E-state index in [1.165, 1.54) is 13.3 Å². The number of hydrogen-bond acceptors (Lipinski definition) is 8. The Morgan fingerprint density at radius 1 is 0.977 bits per heavy atom. The first kappa shape index (κ1) is 32.2. The summed E-state index contributed by atoms with van der Waals surface area (Å²) in [6.45, 7) is 3.41. The van der Waals surface area contributed by atoms with Gasteiger partial charge in [0.1, 0.15) is 12.4 Å². The summed E-state index contributed by atoms with van der Waals surface area (Å²) in [6.07, 6.45) is 1.42. The van der Waals surface area contributed by atoms with E-state index in [0.29, 0.717) is 39.2 Å². The van der Waals surface area contributed by atoms with Crippen LogP contribution in [0.1, 0.15) is 36.6 Å². The predicted octanol–water partition coefficient (Wildman–Crippen LogP) is 5.30. The Bertz CT molecular complexity index is 1590. The van der Waals surface area contributed by atoms with E-state index in [0.717, 1.165) is 5.56 Å². The molecule has 230 valence electrons. The molecule has 4 rings (SSSR count). The molecule has 1 heterocycles. The third-order valence-electron chi connectivity index (χ3n) is 6.32. The van der Waals surface area contributed by atoms with Gasteiger partial charge in [-0.3, -0.25) is 4.79 Å². The molecule has 0 saturated heterocycles. The topological polar surface area (TPSA) is 137 Å². The molecule has 3 amide bonds. The van der Waals surface area contributed by atoms with Crippen LogP contribution in [0.4, 0.5) is 4.79 Å². The zero-order valence-electron chi connectivity index (χ0n) is 24.1. The summed E-state index contributed by atoms with van der Waals surface area (Å²) in [7, 11) is 1.43. The average molecular weight is 642 g/mol. The maximum absolute atomic E-state index is 12.6. The number of hydrazone groups is 1. The van der Waals surface area contributed by atoms with Crippen LogP contribution in [0.3, 0.4) is 0 Å². The van der Waals surface area contributed by atoms with Crippen molar-refractivity contribution in [2.24, 2.45) is 5.10 Å². The lowest BCUT2D eigenvalue weighted by atomic mass is 9.95. The standard InChI is InChI=1S/C31H30Cl2N4O7/c1-4-42-30(39)28-18(2)35-31(40)36-29(28)20-7-11-25(26(14-20)41-3)44-17-27(38)37-34-15-21-13-23(33)10-12-24(21)43-16-19-5-8-22(32)9-6-19/h5-15,29H,4,16-17H2,1-3H3,(H,37,38)(H2,35,36,40)/b34-15+/t29-/m1/s1. The zero-order valence-corrected chi connectivity index (χ0v) is 25.6. The van der Waals surface area contributed by atoms with Crippen LogP contribution in [0.2, 0.25) is 10.0 Å². The largest absolute Gasteiger partial charge is 0.493 e. The molecule has 3 aromatic rings. The number of benzene rings is 3. The van der Waals surface area contributed by atoms with Crippen LogP contribution in [-0.2, 0) is 20.9 Å². The lowest BCUT2D eigenvalue weighted by Crippen LogP contribution is -2.45. The fourth-order valence-electron chi connectivity index (χ4n) is 4.25. The van der Waals surface area contributed by atoms with Gasteiger partial charge in [0.15, 0.2) is 18.1 Å². The molecule has 0 aliphatic carbocycles. The molecule has 0 unspecified atom stereocenters. The fraction of sp³-hybridized carbons (Fsp3) is 0.226. The van der Waals surface area contributed by atoms with Crippen LogP contribution in [0.15, 0.2) is 77.0 Å². The summed E-state index contributed by atoms with van der Waals surface area (Å²) >= 11 is 12.1. The first-order valence-electron chi connectivity index (χ1n) is 13.4. The lowest BCUT2D eigenvalue weighted by Gasteiger charge is -2.28. The molecular weight excluding hydrogens is 611 g/mol. The number of urea groups is 1. The second-order valence-corrected chi connectivity index (χ2v) is 10.3. The molecule has 1 aliphatic rings. The molecule has 1 aliphatic heterocycles. The summed E-state index contributed by atoms with van der Waals surface area (Å²) < 4.78 is 22.2. The van der Waals surface area contributed by atoms with Crippen LogP contribution < -0.4 is 30.3 Å². The van der Waals surface area contributed by atoms with E-state index < -0.39 is 23.9 Å². The van der Waals surface area contributed by atoms with E-state index in [1.54, 1.807) is 62.4 Å². The molecular formula is C31H30Cl2N4O7.